The number of nitrogen functional groups attached to an aromatic ring is 1. The van der Waals surface area contributed by atoms with Crippen LogP contribution in [0, 0.1) is 11.8 Å². The van der Waals surface area contributed by atoms with Crippen LogP contribution in [-0.2, 0) is 0 Å². The van der Waals surface area contributed by atoms with E-state index in [1.165, 1.54) is 12.1 Å². The van der Waals surface area contributed by atoms with Gasteiger partial charge in [0.25, 0.3) is 0 Å². The van der Waals surface area contributed by atoms with Gasteiger partial charge in [-0.3, -0.25) is 0 Å². The summed E-state index contributed by atoms with van der Waals surface area (Å²) in [6.07, 6.45) is 1.28. The van der Waals surface area contributed by atoms with Crippen molar-refractivity contribution in [1.82, 2.24) is 0 Å². The third-order valence-electron chi connectivity index (χ3n) is 3.75. The molecule has 1 atom stereocenters. The normalized spacial score (nSPS) is 20.0. The van der Waals surface area contributed by atoms with E-state index in [9.17, 15) is 0 Å². The van der Waals surface area contributed by atoms with Crippen LogP contribution in [0.15, 0.2) is 18.2 Å². The Kier molecular flexibility index (Phi) is 3.46. The average molecular weight is 234 g/mol. The fourth-order valence-electron chi connectivity index (χ4n) is 2.46. The molecule has 2 rings (SSSR count). The van der Waals surface area contributed by atoms with Gasteiger partial charge in [0.05, 0.1) is 12.8 Å². The maximum atomic E-state index is 5.83. The molecule has 1 saturated heterocycles. The molecule has 0 spiro atoms. The van der Waals surface area contributed by atoms with Crippen LogP contribution in [0.25, 0.3) is 0 Å². The Morgan fingerprint density at radius 3 is 2.76 bits per heavy atom. The molecule has 0 amide bonds. The second-order valence-electron chi connectivity index (χ2n) is 5.17. The van der Waals surface area contributed by atoms with Crippen LogP contribution in [0.4, 0.5) is 11.4 Å². The number of nitrogens with zero attached hydrogens (tertiary/aromatic N) is 1. The molecule has 1 aromatic rings. The number of methoxy groups -OCH3 is 1. The zero-order chi connectivity index (χ0) is 12.4. The van der Waals surface area contributed by atoms with Crippen molar-refractivity contribution in [1.29, 1.82) is 0 Å². The van der Waals surface area contributed by atoms with E-state index >= 15 is 0 Å². The molecule has 0 aromatic heterocycles. The topological polar surface area (TPSA) is 38.5 Å². The Morgan fingerprint density at radius 2 is 2.18 bits per heavy atom. The van der Waals surface area contributed by atoms with Gasteiger partial charge in [-0.25, -0.2) is 0 Å². The molecule has 1 fully saturated rings. The van der Waals surface area contributed by atoms with Crippen LogP contribution in [0.5, 0.6) is 5.75 Å². The van der Waals surface area contributed by atoms with Gasteiger partial charge in [0.15, 0.2) is 0 Å². The third-order valence-corrected chi connectivity index (χ3v) is 3.75. The van der Waals surface area contributed by atoms with Gasteiger partial charge < -0.3 is 15.4 Å². The lowest BCUT2D eigenvalue weighted by atomic mass is 9.95. The van der Waals surface area contributed by atoms with Gasteiger partial charge >= 0.3 is 0 Å². The van der Waals surface area contributed by atoms with E-state index in [0.717, 1.165) is 30.7 Å². The third kappa shape index (κ3) is 2.48. The summed E-state index contributed by atoms with van der Waals surface area (Å²) >= 11 is 0. The summed E-state index contributed by atoms with van der Waals surface area (Å²) in [5, 5.41) is 0. The van der Waals surface area contributed by atoms with Gasteiger partial charge in [0.1, 0.15) is 5.75 Å². The highest BCUT2D eigenvalue weighted by molar-refractivity contribution is 5.62. The molecule has 1 unspecified atom stereocenters. The fraction of sp³-hybridized carbons (Fsp3) is 0.571. The van der Waals surface area contributed by atoms with E-state index < -0.39 is 0 Å². The molecule has 94 valence electrons. The van der Waals surface area contributed by atoms with Crippen LogP contribution >= 0.6 is 0 Å². The summed E-state index contributed by atoms with van der Waals surface area (Å²) in [5.74, 6) is 2.34. The van der Waals surface area contributed by atoms with E-state index in [0.29, 0.717) is 5.69 Å². The molecule has 0 aliphatic carbocycles. The first-order valence-electron chi connectivity index (χ1n) is 6.30. The Morgan fingerprint density at radius 1 is 1.41 bits per heavy atom. The van der Waals surface area contributed by atoms with Crippen molar-refractivity contribution in [3.63, 3.8) is 0 Å². The Balaban J connectivity index is 2.13. The summed E-state index contributed by atoms with van der Waals surface area (Å²) in [5.41, 5.74) is 7.76. The summed E-state index contributed by atoms with van der Waals surface area (Å²) in [6, 6.07) is 6.05. The minimum atomic E-state index is 0.704. The number of benzene rings is 1. The lowest BCUT2D eigenvalue weighted by molar-refractivity contribution is 0.416. The minimum absolute atomic E-state index is 0.704. The Hall–Kier alpha value is -1.38. The van der Waals surface area contributed by atoms with Gasteiger partial charge in [-0.15, -0.1) is 0 Å². The second kappa shape index (κ2) is 4.86. The molecule has 3 heteroatoms. The van der Waals surface area contributed by atoms with E-state index in [4.69, 9.17) is 10.5 Å². The monoisotopic (exact) mass is 234 g/mol. The molecule has 0 radical (unpaired) electrons. The van der Waals surface area contributed by atoms with Crippen LogP contribution in [0.3, 0.4) is 0 Å². The summed E-state index contributed by atoms with van der Waals surface area (Å²) in [4.78, 5) is 2.42. The SMILES string of the molecule is COc1cc(N2CCC(C(C)C)C2)ccc1N. The van der Waals surface area contributed by atoms with Crippen molar-refractivity contribution in [2.45, 2.75) is 20.3 Å². The average Bonchev–Trinajstić information content (AvgIpc) is 2.79. The molecule has 1 aliphatic heterocycles. The van der Waals surface area contributed by atoms with E-state index in [1.54, 1.807) is 7.11 Å². The minimum Gasteiger partial charge on any atom is -0.495 e. The zero-order valence-corrected chi connectivity index (χ0v) is 10.9. The molecule has 0 bridgehead atoms. The van der Waals surface area contributed by atoms with Gasteiger partial charge in [-0.2, -0.15) is 0 Å². The molecule has 1 aliphatic rings. The van der Waals surface area contributed by atoms with E-state index in [1.807, 2.05) is 12.1 Å². The predicted octanol–water partition coefficient (Wildman–Crippen LogP) is 2.76. The number of hydrogen-bond acceptors (Lipinski definition) is 3. The molecule has 1 aromatic carbocycles. The van der Waals surface area contributed by atoms with Crippen molar-refractivity contribution in [2.24, 2.45) is 11.8 Å². The standard InChI is InChI=1S/C14H22N2O/c1-10(2)11-6-7-16(9-11)12-4-5-13(15)14(8-12)17-3/h4-5,8,10-11H,6-7,9,15H2,1-3H3. The highest BCUT2D eigenvalue weighted by Gasteiger charge is 2.25. The summed E-state index contributed by atoms with van der Waals surface area (Å²) < 4.78 is 5.27. The Bertz CT molecular complexity index is 390. The maximum Gasteiger partial charge on any atom is 0.143 e. The van der Waals surface area contributed by atoms with Crippen molar-refractivity contribution < 1.29 is 4.74 Å². The smallest absolute Gasteiger partial charge is 0.143 e. The summed E-state index contributed by atoms with van der Waals surface area (Å²) in [7, 11) is 1.66. The molecular weight excluding hydrogens is 212 g/mol. The van der Waals surface area contributed by atoms with Crippen LogP contribution in [-0.4, -0.2) is 20.2 Å². The largest absolute Gasteiger partial charge is 0.495 e. The highest BCUT2D eigenvalue weighted by Crippen LogP contribution is 2.32. The highest BCUT2D eigenvalue weighted by atomic mass is 16.5. The molecule has 0 saturated carbocycles. The predicted molar refractivity (Wildman–Crippen MR) is 72.6 cm³/mol. The van der Waals surface area contributed by atoms with Gasteiger partial charge in [0.2, 0.25) is 0 Å². The maximum absolute atomic E-state index is 5.83. The number of nitrogens with two attached hydrogens (primary N) is 1. The fourth-order valence-corrected chi connectivity index (χ4v) is 2.46. The zero-order valence-electron chi connectivity index (χ0n) is 10.9. The van der Waals surface area contributed by atoms with Crippen molar-refractivity contribution in [3.8, 4) is 5.75 Å². The number of rotatable bonds is 3. The lowest BCUT2D eigenvalue weighted by Crippen LogP contribution is -2.21. The molecule has 17 heavy (non-hydrogen) atoms. The molecular formula is C14H22N2O. The van der Waals surface area contributed by atoms with Crippen LogP contribution < -0.4 is 15.4 Å². The number of hydrogen-bond donors (Lipinski definition) is 1. The summed E-state index contributed by atoms with van der Waals surface area (Å²) in [6.45, 7) is 6.89. The number of ether oxygens (including phenoxy) is 1. The van der Waals surface area contributed by atoms with Gasteiger partial charge in [-0.05, 0) is 30.4 Å². The van der Waals surface area contributed by atoms with Crippen molar-refractivity contribution in [2.75, 3.05) is 30.8 Å². The van der Waals surface area contributed by atoms with Crippen molar-refractivity contribution in [3.05, 3.63) is 18.2 Å². The van der Waals surface area contributed by atoms with Gasteiger partial charge in [0, 0.05) is 24.8 Å². The molecule has 3 nitrogen and oxygen atoms in total. The quantitative estimate of drug-likeness (QED) is 0.817. The molecule has 1 heterocycles. The Labute approximate surface area is 104 Å². The number of anilines is 2. The van der Waals surface area contributed by atoms with Crippen LogP contribution in [0.1, 0.15) is 20.3 Å². The first-order valence-corrected chi connectivity index (χ1v) is 6.30. The van der Waals surface area contributed by atoms with E-state index in [-0.39, 0.29) is 0 Å². The van der Waals surface area contributed by atoms with E-state index in [2.05, 4.69) is 24.8 Å². The first-order chi connectivity index (χ1) is 8.11. The lowest BCUT2D eigenvalue weighted by Gasteiger charge is -2.21. The van der Waals surface area contributed by atoms with Crippen LogP contribution in [0.2, 0.25) is 0 Å². The van der Waals surface area contributed by atoms with Crippen molar-refractivity contribution >= 4 is 11.4 Å². The molecule has 2 N–H and O–H groups in total. The second-order valence-corrected chi connectivity index (χ2v) is 5.17. The first kappa shape index (κ1) is 12.1. The van der Waals surface area contributed by atoms with Gasteiger partial charge in [-0.1, -0.05) is 13.8 Å².